The van der Waals surface area contributed by atoms with Crippen LogP contribution in [0.2, 0.25) is 0 Å². The van der Waals surface area contributed by atoms with E-state index in [2.05, 4.69) is 5.32 Å². The van der Waals surface area contributed by atoms with Crippen LogP contribution < -0.4 is 10.1 Å². The van der Waals surface area contributed by atoms with Crippen LogP contribution in [0.4, 0.5) is 11.4 Å². The van der Waals surface area contributed by atoms with Gasteiger partial charge in [-0.25, -0.2) is 0 Å². The number of nitrogens with one attached hydrogen (secondary N) is 1. The number of carbonyl (C=O) groups excluding carboxylic acids is 1. The number of ether oxygens (including phenoxy) is 1. The Hall–Kier alpha value is -2.41. The highest BCUT2D eigenvalue weighted by molar-refractivity contribution is 7.14. The summed E-state index contributed by atoms with van der Waals surface area (Å²) in [4.78, 5) is 23.1. The zero-order chi connectivity index (χ0) is 14.7. The molecular formula is C13H12N2O4S. The minimum absolute atomic E-state index is 0.0363. The number of carbonyl (C=O) groups is 1. The third kappa shape index (κ3) is 2.94. The van der Waals surface area contributed by atoms with Crippen LogP contribution in [0, 0.1) is 17.0 Å². The molecule has 7 heteroatoms. The normalized spacial score (nSPS) is 10.1. The molecule has 1 aromatic carbocycles. The van der Waals surface area contributed by atoms with Crippen molar-refractivity contribution in [1.29, 1.82) is 0 Å². The molecule has 20 heavy (non-hydrogen) atoms. The van der Waals surface area contributed by atoms with E-state index in [9.17, 15) is 14.9 Å². The number of amides is 1. The number of anilines is 1. The molecule has 0 spiro atoms. The second kappa shape index (κ2) is 5.70. The first kappa shape index (κ1) is 14.0. The first-order chi connectivity index (χ1) is 9.51. The van der Waals surface area contributed by atoms with Crippen LogP contribution in [0.1, 0.15) is 14.5 Å². The lowest BCUT2D eigenvalue weighted by molar-refractivity contribution is -0.385. The van der Waals surface area contributed by atoms with E-state index in [1.807, 2.05) is 0 Å². The number of nitrogens with zero attached hydrogens (tertiary/aromatic N) is 1. The monoisotopic (exact) mass is 292 g/mol. The Morgan fingerprint density at radius 1 is 1.40 bits per heavy atom. The van der Waals surface area contributed by atoms with Crippen LogP contribution >= 0.6 is 11.3 Å². The Kier molecular flexibility index (Phi) is 3.99. The molecule has 0 radical (unpaired) electrons. The summed E-state index contributed by atoms with van der Waals surface area (Å²) in [5, 5.41) is 13.4. The van der Waals surface area contributed by atoms with Gasteiger partial charge in [-0.15, -0.1) is 11.3 Å². The number of rotatable bonds is 4. The number of hydrogen-bond acceptors (Lipinski definition) is 5. The van der Waals surface area contributed by atoms with E-state index in [-0.39, 0.29) is 11.6 Å². The van der Waals surface area contributed by atoms with Gasteiger partial charge in [-0.3, -0.25) is 14.9 Å². The summed E-state index contributed by atoms with van der Waals surface area (Å²) >= 11 is 1.10. The van der Waals surface area contributed by atoms with Gasteiger partial charge in [-0.1, -0.05) is 6.07 Å². The molecule has 6 nitrogen and oxygen atoms in total. The Labute approximate surface area is 119 Å². The summed E-state index contributed by atoms with van der Waals surface area (Å²) in [7, 11) is 1.53. The Bertz CT molecular complexity index is 666. The maximum absolute atomic E-state index is 12.0. The Morgan fingerprint density at radius 3 is 2.75 bits per heavy atom. The summed E-state index contributed by atoms with van der Waals surface area (Å²) in [6, 6.07) is 8.18. The van der Waals surface area contributed by atoms with Gasteiger partial charge in [0, 0.05) is 17.8 Å². The molecule has 1 heterocycles. The van der Waals surface area contributed by atoms with E-state index in [1.165, 1.54) is 13.2 Å². The second-order valence-corrected chi connectivity index (χ2v) is 5.25. The molecule has 0 bridgehead atoms. The first-order valence-electron chi connectivity index (χ1n) is 5.71. The van der Waals surface area contributed by atoms with Crippen LogP contribution in [0.3, 0.4) is 0 Å². The SMILES string of the molecule is COc1cccc(NC(=O)c2cc([N+](=O)[O-])c(C)s2)c1. The Morgan fingerprint density at radius 2 is 2.15 bits per heavy atom. The van der Waals surface area contributed by atoms with Crippen molar-refractivity contribution in [1.82, 2.24) is 0 Å². The van der Waals surface area contributed by atoms with E-state index in [0.717, 1.165) is 11.3 Å². The number of aryl methyl sites for hydroxylation is 1. The molecule has 1 amide bonds. The lowest BCUT2D eigenvalue weighted by Crippen LogP contribution is -2.10. The molecule has 0 saturated heterocycles. The quantitative estimate of drug-likeness (QED) is 0.693. The zero-order valence-corrected chi connectivity index (χ0v) is 11.7. The zero-order valence-electron chi connectivity index (χ0n) is 10.9. The lowest BCUT2D eigenvalue weighted by Gasteiger charge is -2.05. The minimum Gasteiger partial charge on any atom is -0.497 e. The fourth-order valence-electron chi connectivity index (χ4n) is 1.66. The summed E-state index contributed by atoms with van der Waals surface area (Å²) in [6.07, 6.45) is 0. The van der Waals surface area contributed by atoms with Gasteiger partial charge < -0.3 is 10.1 Å². The molecule has 0 aliphatic rings. The molecule has 1 N–H and O–H groups in total. The summed E-state index contributed by atoms with van der Waals surface area (Å²) < 4.78 is 5.06. The lowest BCUT2D eigenvalue weighted by atomic mass is 10.3. The van der Waals surface area contributed by atoms with Crippen molar-refractivity contribution >= 4 is 28.6 Å². The van der Waals surface area contributed by atoms with Crippen molar-refractivity contribution in [3.63, 3.8) is 0 Å². The van der Waals surface area contributed by atoms with Gasteiger partial charge in [0.2, 0.25) is 0 Å². The molecule has 0 fully saturated rings. The van der Waals surface area contributed by atoms with Crippen molar-refractivity contribution in [2.45, 2.75) is 6.92 Å². The number of hydrogen-bond donors (Lipinski definition) is 1. The highest BCUT2D eigenvalue weighted by atomic mass is 32.1. The van der Waals surface area contributed by atoms with Gasteiger partial charge in [0.25, 0.3) is 11.6 Å². The average Bonchev–Trinajstić information content (AvgIpc) is 2.81. The van der Waals surface area contributed by atoms with Crippen molar-refractivity contribution in [2.24, 2.45) is 0 Å². The maximum Gasteiger partial charge on any atom is 0.283 e. The van der Waals surface area contributed by atoms with E-state index < -0.39 is 4.92 Å². The van der Waals surface area contributed by atoms with Gasteiger partial charge in [0.1, 0.15) is 5.75 Å². The van der Waals surface area contributed by atoms with Crippen molar-refractivity contribution in [2.75, 3.05) is 12.4 Å². The summed E-state index contributed by atoms with van der Waals surface area (Å²) in [6.45, 7) is 1.62. The predicted octanol–water partition coefficient (Wildman–Crippen LogP) is 3.23. The minimum atomic E-state index is -0.492. The van der Waals surface area contributed by atoms with Crippen LogP contribution in [-0.4, -0.2) is 17.9 Å². The molecule has 0 atom stereocenters. The van der Waals surface area contributed by atoms with E-state index >= 15 is 0 Å². The summed E-state index contributed by atoms with van der Waals surface area (Å²) in [5.41, 5.74) is 0.536. The fraction of sp³-hybridized carbons (Fsp3) is 0.154. The standard InChI is InChI=1S/C13H12N2O4S/c1-8-11(15(17)18)7-12(20-8)13(16)14-9-4-3-5-10(6-9)19-2/h3-7H,1-2H3,(H,14,16). The molecule has 2 aromatic rings. The molecular weight excluding hydrogens is 280 g/mol. The van der Waals surface area contributed by atoms with E-state index in [0.29, 0.717) is 21.2 Å². The van der Waals surface area contributed by atoms with Crippen molar-refractivity contribution in [3.05, 3.63) is 50.2 Å². The Balaban J connectivity index is 2.19. The average molecular weight is 292 g/mol. The number of benzene rings is 1. The third-order valence-corrected chi connectivity index (χ3v) is 3.68. The molecule has 0 saturated carbocycles. The van der Waals surface area contributed by atoms with Crippen LogP contribution in [0.15, 0.2) is 30.3 Å². The molecule has 2 rings (SSSR count). The highest BCUT2D eigenvalue weighted by Crippen LogP contribution is 2.28. The van der Waals surface area contributed by atoms with E-state index in [1.54, 1.807) is 31.2 Å². The van der Waals surface area contributed by atoms with Gasteiger partial charge in [-0.2, -0.15) is 0 Å². The molecule has 104 valence electrons. The molecule has 0 aliphatic heterocycles. The largest absolute Gasteiger partial charge is 0.497 e. The predicted molar refractivity (Wildman–Crippen MR) is 76.7 cm³/mol. The molecule has 1 aromatic heterocycles. The number of thiophene rings is 1. The van der Waals surface area contributed by atoms with Crippen LogP contribution in [0.25, 0.3) is 0 Å². The summed E-state index contributed by atoms with van der Waals surface area (Å²) in [5.74, 6) is 0.246. The van der Waals surface area contributed by atoms with Gasteiger partial charge in [0.15, 0.2) is 0 Å². The fourth-order valence-corrected chi connectivity index (χ4v) is 2.54. The van der Waals surface area contributed by atoms with Crippen LogP contribution in [0.5, 0.6) is 5.75 Å². The maximum atomic E-state index is 12.0. The molecule has 0 aliphatic carbocycles. The van der Waals surface area contributed by atoms with Crippen molar-refractivity contribution in [3.8, 4) is 5.75 Å². The van der Waals surface area contributed by atoms with Gasteiger partial charge in [-0.05, 0) is 19.1 Å². The second-order valence-electron chi connectivity index (χ2n) is 4.00. The van der Waals surface area contributed by atoms with Crippen LogP contribution in [-0.2, 0) is 0 Å². The van der Waals surface area contributed by atoms with Gasteiger partial charge >= 0.3 is 0 Å². The topological polar surface area (TPSA) is 81.5 Å². The van der Waals surface area contributed by atoms with Gasteiger partial charge in [0.05, 0.1) is 21.8 Å². The van der Waals surface area contributed by atoms with Crippen molar-refractivity contribution < 1.29 is 14.5 Å². The number of nitro groups is 1. The number of methoxy groups -OCH3 is 1. The molecule has 0 unspecified atom stereocenters. The highest BCUT2D eigenvalue weighted by Gasteiger charge is 2.19. The first-order valence-corrected chi connectivity index (χ1v) is 6.53. The van der Waals surface area contributed by atoms with E-state index in [4.69, 9.17) is 4.74 Å². The third-order valence-electron chi connectivity index (χ3n) is 2.64. The smallest absolute Gasteiger partial charge is 0.283 e.